The lowest BCUT2D eigenvalue weighted by Crippen LogP contribution is -2.45. The highest BCUT2D eigenvalue weighted by Gasteiger charge is 2.30. The summed E-state index contributed by atoms with van der Waals surface area (Å²) in [7, 11) is 0. The molecule has 0 atom stereocenters. The van der Waals surface area contributed by atoms with Crippen LogP contribution in [-0.2, 0) is 9.47 Å². The molecule has 12 heteroatoms. The molecule has 0 radical (unpaired) electrons. The van der Waals surface area contributed by atoms with E-state index in [2.05, 4.69) is 45.3 Å². The summed E-state index contributed by atoms with van der Waals surface area (Å²) in [5.74, 6) is 0.467. The molecule has 10 nitrogen and oxygen atoms in total. The topological polar surface area (TPSA) is 121 Å². The zero-order valence-corrected chi connectivity index (χ0v) is 25.7. The maximum Gasteiger partial charge on any atom is 0.212 e. The Morgan fingerprint density at radius 1 is 0.658 bits per heavy atom. The molecule has 38 heavy (non-hydrogen) atoms. The Morgan fingerprint density at radius 2 is 0.974 bits per heavy atom. The number of nitrogens with one attached hydrogen (secondary N) is 4. The molecule has 1 aliphatic carbocycles. The summed E-state index contributed by atoms with van der Waals surface area (Å²) >= 11 is 0. The standard InChI is InChI=1S/C26H32N8O2.2HI/c27-25(33-9-13-35-14-10-33)31-29-17-23-19-5-1-2-6-20(19)24(22-8-4-3-7-21(22)23)18-30-32-26(28)34-11-15-36-16-12-34;;/h1-8,17-18,23-24H,9-16H2,(H2,27,31)(H2,28,32);2*1H. The first-order valence-corrected chi connectivity index (χ1v) is 12.3. The summed E-state index contributed by atoms with van der Waals surface area (Å²) in [6.07, 6.45) is 3.76. The number of morpholine rings is 2. The van der Waals surface area contributed by atoms with E-state index in [1.54, 1.807) is 0 Å². The normalized spacial score (nSPS) is 20.6. The quantitative estimate of drug-likeness (QED) is 0.165. The molecule has 2 aromatic rings. The van der Waals surface area contributed by atoms with Gasteiger partial charge in [0.25, 0.3) is 0 Å². The van der Waals surface area contributed by atoms with E-state index < -0.39 is 0 Å². The number of halogens is 2. The fourth-order valence-corrected chi connectivity index (χ4v) is 4.87. The van der Waals surface area contributed by atoms with Crippen LogP contribution >= 0.6 is 48.0 Å². The molecule has 5 rings (SSSR count). The average molecular weight is 744 g/mol. The molecule has 2 heterocycles. The predicted octanol–water partition coefficient (Wildman–Crippen LogP) is 3.18. The molecule has 0 aromatic heterocycles. The van der Waals surface area contributed by atoms with Crippen LogP contribution < -0.4 is 10.9 Å². The van der Waals surface area contributed by atoms with Gasteiger partial charge in [-0.1, -0.05) is 48.5 Å². The van der Waals surface area contributed by atoms with Crippen molar-refractivity contribution in [2.24, 2.45) is 10.2 Å². The van der Waals surface area contributed by atoms with Gasteiger partial charge in [0.05, 0.1) is 26.4 Å². The highest BCUT2D eigenvalue weighted by molar-refractivity contribution is 14.0. The highest BCUT2D eigenvalue weighted by atomic mass is 127. The van der Waals surface area contributed by atoms with Gasteiger partial charge in [-0.05, 0) is 22.3 Å². The molecular formula is C26H34I2N8O2. The van der Waals surface area contributed by atoms with Crippen LogP contribution in [0.2, 0.25) is 0 Å². The Morgan fingerprint density at radius 3 is 1.29 bits per heavy atom. The van der Waals surface area contributed by atoms with Crippen molar-refractivity contribution in [2.45, 2.75) is 11.8 Å². The van der Waals surface area contributed by atoms with Crippen molar-refractivity contribution >= 4 is 72.3 Å². The summed E-state index contributed by atoms with van der Waals surface area (Å²) in [6.45, 7) is 5.26. The predicted molar refractivity (Wildman–Crippen MR) is 171 cm³/mol. The molecule has 204 valence electrons. The van der Waals surface area contributed by atoms with Gasteiger partial charge in [0.2, 0.25) is 11.9 Å². The number of hydrogen-bond donors (Lipinski definition) is 4. The molecule has 0 saturated carbocycles. The third kappa shape index (κ3) is 7.01. The second-order valence-corrected chi connectivity index (χ2v) is 8.89. The molecule has 3 aliphatic rings. The Balaban J connectivity index is 0.00000200. The van der Waals surface area contributed by atoms with Gasteiger partial charge >= 0.3 is 0 Å². The molecule has 2 aromatic carbocycles. The number of guanidine groups is 2. The van der Waals surface area contributed by atoms with Crippen LogP contribution in [0.15, 0.2) is 58.7 Å². The average Bonchev–Trinajstić information content (AvgIpc) is 2.94. The summed E-state index contributed by atoms with van der Waals surface area (Å²) < 4.78 is 10.7. The molecule has 0 amide bonds. The van der Waals surface area contributed by atoms with Crippen LogP contribution in [0.4, 0.5) is 0 Å². The Hall–Kier alpha value is -2.30. The van der Waals surface area contributed by atoms with Gasteiger partial charge in [0, 0.05) is 50.4 Å². The first kappa shape index (κ1) is 30.2. The van der Waals surface area contributed by atoms with Crippen LogP contribution in [0, 0.1) is 10.8 Å². The number of hydrogen-bond acceptors (Lipinski definition) is 6. The van der Waals surface area contributed by atoms with Gasteiger partial charge in [-0.2, -0.15) is 10.2 Å². The van der Waals surface area contributed by atoms with E-state index in [-0.39, 0.29) is 71.7 Å². The van der Waals surface area contributed by atoms with Crippen LogP contribution in [-0.4, -0.2) is 86.8 Å². The molecule has 0 unspecified atom stereocenters. The van der Waals surface area contributed by atoms with Gasteiger partial charge in [-0.15, -0.1) is 48.0 Å². The molecule has 4 N–H and O–H groups in total. The monoisotopic (exact) mass is 744 g/mol. The van der Waals surface area contributed by atoms with E-state index in [9.17, 15) is 0 Å². The van der Waals surface area contributed by atoms with Crippen molar-refractivity contribution < 1.29 is 9.47 Å². The maximum absolute atomic E-state index is 8.30. The summed E-state index contributed by atoms with van der Waals surface area (Å²) in [6, 6.07) is 16.7. The van der Waals surface area contributed by atoms with E-state index in [4.69, 9.17) is 20.3 Å². The fraction of sp³-hybridized carbons (Fsp3) is 0.385. The van der Waals surface area contributed by atoms with Crippen LogP contribution in [0.3, 0.4) is 0 Å². The summed E-state index contributed by atoms with van der Waals surface area (Å²) in [5.41, 5.74) is 10.4. The van der Waals surface area contributed by atoms with E-state index >= 15 is 0 Å². The smallest absolute Gasteiger partial charge is 0.212 e. The van der Waals surface area contributed by atoms with E-state index in [1.165, 1.54) is 0 Å². The number of fused-ring (bicyclic) bond motifs is 2. The van der Waals surface area contributed by atoms with E-state index in [1.807, 2.05) is 46.5 Å². The minimum absolute atomic E-state index is 0. The number of hydrazone groups is 2. The first-order valence-electron chi connectivity index (χ1n) is 12.3. The van der Waals surface area contributed by atoms with Gasteiger partial charge < -0.3 is 19.3 Å². The lowest BCUT2D eigenvalue weighted by atomic mass is 9.73. The van der Waals surface area contributed by atoms with Crippen molar-refractivity contribution in [3.63, 3.8) is 0 Å². The second-order valence-electron chi connectivity index (χ2n) is 8.89. The van der Waals surface area contributed by atoms with Gasteiger partial charge in [0.15, 0.2) is 0 Å². The van der Waals surface area contributed by atoms with Gasteiger partial charge in [-0.25, -0.2) is 10.9 Å². The molecule has 0 bridgehead atoms. The first-order chi connectivity index (χ1) is 17.7. The van der Waals surface area contributed by atoms with Gasteiger partial charge in [-0.3, -0.25) is 10.8 Å². The van der Waals surface area contributed by atoms with Crippen molar-refractivity contribution in [1.82, 2.24) is 20.7 Å². The lowest BCUT2D eigenvalue weighted by Gasteiger charge is -2.31. The zero-order valence-electron chi connectivity index (χ0n) is 21.0. The SMILES string of the molecule is I.I.N=C(NN=CC1c2ccccc2C(C=NNC(=N)N2CCOCC2)c2ccccc21)N1CCOCC1. The summed E-state index contributed by atoms with van der Waals surface area (Å²) in [5, 5.41) is 25.5. The Labute approximate surface area is 257 Å². The van der Waals surface area contributed by atoms with Crippen LogP contribution in [0.5, 0.6) is 0 Å². The van der Waals surface area contributed by atoms with Crippen molar-refractivity contribution in [1.29, 1.82) is 10.8 Å². The molecule has 2 aliphatic heterocycles. The van der Waals surface area contributed by atoms with Crippen LogP contribution in [0.1, 0.15) is 34.1 Å². The minimum Gasteiger partial charge on any atom is -0.378 e. The summed E-state index contributed by atoms with van der Waals surface area (Å²) in [4.78, 5) is 3.86. The zero-order chi connectivity index (χ0) is 24.7. The number of ether oxygens (including phenoxy) is 2. The lowest BCUT2D eigenvalue weighted by molar-refractivity contribution is 0.0662. The molecule has 0 spiro atoms. The second kappa shape index (κ2) is 14.7. The third-order valence-electron chi connectivity index (χ3n) is 6.78. The number of rotatable bonds is 4. The Bertz CT molecular complexity index is 1010. The van der Waals surface area contributed by atoms with Gasteiger partial charge in [0.1, 0.15) is 0 Å². The fourth-order valence-electron chi connectivity index (χ4n) is 4.87. The van der Waals surface area contributed by atoms with E-state index in [0.717, 1.165) is 22.3 Å². The van der Waals surface area contributed by atoms with Crippen molar-refractivity contribution in [3.8, 4) is 0 Å². The molecule has 2 saturated heterocycles. The largest absolute Gasteiger partial charge is 0.378 e. The van der Waals surface area contributed by atoms with Crippen LogP contribution in [0.25, 0.3) is 0 Å². The third-order valence-corrected chi connectivity index (χ3v) is 6.78. The maximum atomic E-state index is 8.30. The van der Waals surface area contributed by atoms with Crippen molar-refractivity contribution in [2.75, 3.05) is 52.6 Å². The van der Waals surface area contributed by atoms with E-state index in [0.29, 0.717) is 52.6 Å². The molecular weight excluding hydrogens is 710 g/mol. The number of nitrogens with zero attached hydrogens (tertiary/aromatic N) is 4. The molecule has 2 fully saturated rings. The highest BCUT2D eigenvalue weighted by Crippen LogP contribution is 2.41. The minimum atomic E-state index is -0.0494. The number of benzene rings is 2. The van der Waals surface area contributed by atoms with Crippen molar-refractivity contribution in [3.05, 3.63) is 70.8 Å². The Kier molecular flexibility index (Phi) is 11.7.